The van der Waals surface area contributed by atoms with Crippen LogP contribution in [0.1, 0.15) is 21.5 Å². The Morgan fingerprint density at radius 3 is 2.26 bits per heavy atom. The number of hydrogen-bond acceptors (Lipinski definition) is 4. The van der Waals surface area contributed by atoms with Crippen LogP contribution in [0.3, 0.4) is 0 Å². The number of nitrogens with zero attached hydrogens (tertiary/aromatic N) is 1. The van der Waals surface area contributed by atoms with E-state index in [0.29, 0.717) is 21.3 Å². The molecule has 0 aliphatic carbocycles. The molecular weight excluding hydrogens is 460 g/mol. The molecule has 0 saturated carbocycles. The van der Waals surface area contributed by atoms with Crippen molar-refractivity contribution in [2.45, 2.75) is 18.7 Å². The highest BCUT2D eigenvalue weighted by atomic mass is 35.5. The van der Waals surface area contributed by atoms with Crippen molar-refractivity contribution in [3.05, 3.63) is 98.3 Å². The standard InChI is InChI=1S/C23H16Cl2FNO3S/c1-13-3-5-19(14(2)7-13)23(28)22-12-27(18-9-15(24)8-16(25)10-18)20-11-17(26)4-6-21(20)31(22,29)30/h3-12H,1-2H3. The number of carbonyl (C=O) groups is 1. The van der Waals surface area contributed by atoms with Gasteiger partial charge in [0.15, 0.2) is 0 Å². The van der Waals surface area contributed by atoms with E-state index in [0.717, 1.165) is 23.8 Å². The number of sulfone groups is 1. The van der Waals surface area contributed by atoms with Gasteiger partial charge in [-0.1, -0.05) is 47.0 Å². The second-order valence-electron chi connectivity index (χ2n) is 7.25. The van der Waals surface area contributed by atoms with Crippen LogP contribution < -0.4 is 4.90 Å². The summed E-state index contributed by atoms with van der Waals surface area (Å²) in [5, 5.41) is 0.620. The normalized spacial score (nSPS) is 14.7. The van der Waals surface area contributed by atoms with Crippen molar-refractivity contribution in [1.82, 2.24) is 0 Å². The Bertz CT molecular complexity index is 1360. The van der Waals surface area contributed by atoms with Gasteiger partial charge in [-0.3, -0.25) is 4.79 Å². The summed E-state index contributed by atoms with van der Waals surface area (Å²) < 4.78 is 40.7. The van der Waals surface area contributed by atoms with E-state index in [1.54, 1.807) is 37.3 Å². The van der Waals surface area contributed by atoms with Gasteiger partial charge in [0.25, 0.3) is 0 Å². The zero-order valence-electron chi connectivity index (χ0n) is 16.5. The molecule has 1 aliphatic heterocycles. The molecule has 3 aromatic rings. The zero-order chi connectivity index (χ0) is 22.5. The second-order valence-corrected chi connectivity index (χ2v) is 10.0. The molecule has 31 heavy (non-hydrogen) atoms. The number of halogens is 3. The summed E-state index contributed by atoms with van der Waals surface area (Å²) in [5.74, 6) is -1.27. The lowest BCUT2D eigenvalue weighted by Gasteiger charge is -2.29. The number of ketones is 1. The van der Waals surface area contributed by atoms with Crippen molar-refractivity contribution in [3.8, 4) is 0 Å². The van der Waals surface area contributed by atoms with Crippen molar-refractivity contribution in [2.75, 3.05) is 4.90 Å². The smallest absolute Gasteiger partial charge is 0.214 e. The van der Waals surface area contributed by atoms with Crippen LogP contribution in [-0.4, -0.2) is 14.2 Å². The summed E-state index contributed by atoms with van der Waals surface area (Å²) in [7, 11) is -4.20. The van der Waals surface area contributed by atoms with E-state index in [-0.39, 0.29) is 16.1 Å². The molecule has 3 aromatic carbocycles. The molecule has 158 valence electrons. The predicted octanol–water partition coefficient (Wildman–Crippen LogP) is 6.40. The first kappa shape index (κ1) is 21.6. The van der Waals surface area contributed by atoms with Crippen LogP contribution in [0.4, 0.5) is 15.8 Å². The predicted molar refractivity (Wildman–Crippen MR) is 121 cm³/mol. The highest BCUT2D eigenvalue weighted by molar-refractivity contribution is 7.96. The summed E-state index contributed by atoms with van der Waals surface area (Å²) in [4.78, 5) is 14.1. The molecule has 0 spiro atoms. The number of rotatable bonds is 3. The summed E-state index contributed by atoms with van der Waals surface area (Å²) in [5.41, 5.74) is 2.34. The van der Waals surface area contributed by atoms with E-state index in [2.05, 4.69) is 0 Å². The van der Waals surface area contributed by atoms with Gasteiger partial charge in [-0.15, -0.1) is 0 Å². The van der Waals surface area contributed by atoms with E-state index in [1.807, 2.05) is 6.92 Å². The highest BCUT2D eigenvalue weighted by Gasteiger charge is 2.37. The molecule has 0 radical (unpaired) electrons. The van der Waals surface area contributed by atoms with Gasteiger partial charge < -0.3 is 4.90 Å². The first-order valence-electron chi connectivity index (χ1n) is 9.21. The van der Waals surface area contributed by atoms with Crippen LogP contribution in [-0.2, 0) is 9.84 Å². The van der Waals surface area contributed by atoms with E-state index < -0.39 is 26.3 Å². The maximum atomic E-state index is 14.0. The quantitative estimate of drug-likeness (QED) is 0.324. The van der Waals surface area contributed by atoms with Crippen LogP contribution in [0, 0.1) is 19.7 Å². The molecular formula is C23H16Cl2FNO3S. The molecule has 8 heteroatoms. The second kappa shape index (κ2) is 7.79. The fourth-order valence-electron chi connectivity index (χ4n) is 3.55. The van der Waals surface area contributed by atoms with E-state index in [4.69, 9.17) is 23.2 Å². The monoisotopic (exact) mass is 475 g/mol. The third-order valence-electron chi connectivity index (χ3n) is 4.98. The molecule has 0 amide bonds. The minimum absolute atomic E-state index is 0.0653. The van der Waals surface area contributed by atoms with Gasteiger partial charge in [0, 0.05) is 27.5 Å². The van der Waals surface area contributed by atoms with Gasteiger partial charge in [-0.25, -0.2) is 12.8 Å². The van der Waals surface area contributed by atoms with Gasteiger partial charge in [0.1, 0.15) is 10.7 Å². The lowest BCUT2D eigenvalue weighted by atomic mass is 10.0. The first-order chi connectivity index (χ1) is 14.6. The number of allylic oxidation sites excluding steroid dienone is 1. The van der Waals surface area contributed by atoms with Crippen LogP contribution in [0.5, 0.6) is 0 Å². The number of hydrogen-bond donors (Lipinski definition) is 0. The largest absolute Gasteiger partial charge is 0.314 e. The number of Topliss-reactive ketones (excluding diaryl/α,β-unsaturated/α-hetero) is 1. The SMILES string of the molecule is Cc1ccc(C(=O)C2=CN(c3cc(Cl)cc(Cl)c3)c3cc(F)ccc3S2(=O)=O)c(C)c1. The van der Waals surface area contributed by atoms with Gasteiger partial charge in [0.05, 0.1) is 10.6 Å². The maximum absolute atomic E-state index is 14.0. The van der Waals surface area contributed by atoms with Gasteiger partial charge >= 0.3 is 0 Å². The van der Waals surface area contributed by atoms with Crippen LogP contribution >= 0.6 is 23.2 Å². The molecule has 1 aliphatic rings. The number of benzene rings is 3. The van der Waals surface area contributed by atoms with Crippen molar-refractivity contribution >= 4 is 50.2 Å². The third kappa shape index (κ3) is 3.87. The molecule has 0 aromatic heterocycles. The van der Waals surface area contributed by atoms with Gasteiger partial charge in [0.2, 0.25) is 15.6 Å². The first-order valence-corrected chi connectivity index (χ1v) is 11.5. The van der Waals surface area contributed by atoms with Crippen LogP contribution in [0.15, 0.2) is 70.6 Å². The van der Waals surface area contributed by atoms with E-state index in [9.17, 15) is 17.6 Å². The molecule has 0 atom stereocenters. The Hall–Kier alpha value is -2.67. The Morgan fingerprint density at radius 2 is 1.61 bits per heavy atom. The Labute approximate surface area is 189 Å². The van der Waals surface area contributed by atoms with Crippen molar-refractivity contribution < 1.29 is 17.6 Å². The molecule has 0 unspecified atom stereocenters. The third-order valence-corrected chi connectivity index (χ3v) is 7.21. The number of fused-ring (bicyclic) bond motifs is 1. The fourth-order valence-corrected chi connectivity index (χ4v) is 5.58. The fraction of sp³-hybridized carbons (Fsp3) is 0.0870. The molecule has 4 rings (SSSR count). The van der Waals surface area contributed by atoms with Crippen molar-refractivity contribution in [3.63, 3.8) is 0 Å². The lowest BCUT2D eigenvalue weighted by Crippen LogP contribution is -2.26. The Balaban J connectivity index is 1.97. The minimum Gasteiger partial charge on any atom is -0.314 e. The van der Waals surface area contributed by atoms with Crippen molar-refractivity contribution in [1.29, 1.82) is 0 Å². The average Bonchev–Trinajstić information content (AvgIpc) is 2.66. The van der Waals surface area contributed by atoms with E-state index >= 15 is 0 Å². The topological polar surface area (TPSA) is 54.5 Å². The van der Waals surface area contributed by atoms with E-state index in [1.165, 1.54) is 17.2 Å². The lowest BCUT2D eigenvalue weighted by molar-refractivity contribution is 0.104. The molecule has 1 heterocycles. The van der Waals surface area contributed by atoms with Crippen molar-refractivity contribution in [2.24, 2.45) is 0 Å². The number of aryl methyl sites for hydroxylation is 2. The summed E-state index contributed by atoms with van der Waals surface area (Å²) in [6.07, 6.45) is 1.20. The summed E-state index contributed by atoms with van der Waals surface area (Å²) in [6, 6.07) is 13.1. The van der Waals surface area contributed by atoms with Crippen LogP contribution in [0.2, 0.25) is 10.0 Å². The average molecular weight is 476 g/mol. The molecule has 0 saturated heterocycles. The minimum atomic E-state index is -4.20. The molecule has 0 bridgehead atoms. The zero-order valence-corrected chi connectivity index (χ0v) is 18.8. The highest BCUT2D eigenvalue weighted by Crippen LogP contribution is 2.42. The number of anilines is 2. The molecule has 4 nitrogen and oxygen atoms in total. The molecule has 0 fully saturated rings. The van der Waals surface area contributed by atoms with Gasteiger partial charge in [-0.2, -0.15) is 0 Å². The summed E-state index contributed by atoms with van der Waals surface area (Å²) in [6.45, 7) is 3.63. The maximum Gasteiger partial charge on any atom is 0.214 e. The molecule has 0 N–H and O–H groups in total. The van der Waals surface area contributed by atoms with Gasteiger partial charge in [-0.05, 0) is 55.8 Å². The Kier molecular flexibility index (Phi) is 5.41. The van der Waals surface area contributed by atoms with Crippen LogP contribution in [0.25, 0.3) is 0 Å². The number of carbonyl (C=O) groups excluding carboxylic acids is 1. The Morgan fingerprint density at radius 1 is 0.935 bits per heavy atom. The summed E-state index contributed by atoms with van der Waals surface area (Å²) >= 11 is 12.2.